The van der Waals surface area contributed by atoms with Gasteiger partial charge in [-0.2, -0.15) is 0 Å². The summed E-state index contributed by atoms with van der Waals surface area (Å²) in [7, 11) is 1.61. The SMILES string of the molecule is COC(C(C)C)C(NN)c1cncc(F)c1. The van der Waals surface area contributed by atoms with Crippen LogP contribution in [0.1, 0.15) is 25.5 Å². The van der Waals surface area contributed by atoms with E-state index in [0.717, 1.165) is 6.20 Å². The van der Waals surface area contributed by atoms with E-state index in [9.17, 15) is 4.39 Å². The Morgan fingerprint density at radius 3 is 2.56 bits per heavy atom. The third-order valence-corrected chi connectivity index (χ3v) is 2.52. The van der Waals surface area contributed by atoms with E-state index >= 15 is 0 Å². The first-order valence-corrected chi connectivity index (χ1v) is 5.19. The number of hydrogen-bond donors (Lipinski definition) is 2. The van der Waals surface area contributed by atoms with Crippen LogP contribution in [-0.2, 0) is 4.74 Å². The standard InChI is InChI=1S/C11H18FN3O/c1-7(2)11(16-3)10(15-13)8-4-9(12)6-14-5-8/h4-7,10-11,15H,13H2,1-3H3. The highest BCUT2D eigenvalue weighted by molar-refractivity contribution is 5.16. The summed E-state index contributed by atoms with van der Waals surface area (Å²) in [5, 5.41) is 0. The highest BCUT2D eigenvalue weighted by Crippen LogP contribution is 2.23. The third kappa shape index (κ3) is 2.98. The summed E-state index contributed by atoms with van der Waals surface area (Å²) < 4.78 is 18.4. The van der Waals surface area contributed by atoms with Crippen molar-refractivity contribution in [1.82, 2.24) is 10.4 Å². The quantitative estimate of drug-likeness (QED) is 0.589. The van der Waals surface area contributed by atoms with Crippen LogP contribution in [0.15, 0.2) is 18.5 Å². The van der Waals surface area contributed by atoms with Gasteiger partial charge in [-0.3, -0.25) is 16.3 Å². The number of ether oxygens (including phenoxy) is 1. The van der Waals surface area contributed by atoms with Gasteiger partial charge in [-0.15, -0.1) is 0 Å². The zero-order chi connectivity index (χ0) is 12.1. The molecule has 5 heteroatoms. The maximum Gasteiger partial charge on any atom is 0.141 e. The van der Waals surface area contributed by atoms with Crippen molar-refractivity contribution in [3.63, 3.8) is 0 Å². The Morgan fingerprint density at radius 1 is 1.44 bits per heavy atom. The molecule has 0 amide bonds. The molecule has 2 unspecified atom stereocenters. The van der Waals surface area contributed by atoms with Crippen molar-refractivity contribution in [3.05, 3.63) is 29.8 Å². The van der Waals surface area contributed by atoms with Crippen LogP contribution in [0.4, 0.5) is 4.39 Å². The molecular weight excluding hydrogens is 209 g/mol. The number of rotatable bonds is 5. The molecular formula is C11H18FN3O. The van der Waals surface area contributed by atoms with E-state index in [1.165, 1.54) is 6.07 Å². The average Bonchev–Trinajstić information content (AvgIpc) is 2.25. The van der Waals surface area contributed by atoms with E-state index in [0.29, 0.717) is 5.56 Å². The monoisotopic (exact) mass is 227 g/mol. The lowest BCUT2D eigenvalue weighted by molar-refractivity contribution is 0.0324. The van der Waals surface area contributed by atoms with Gasteiger partial charge < -0.3 is 4.74 Å². The minimum absolute atomic E-state index is 0.131. The van der Waals surface area contributed by atoms with Crippen molar-refractivity contribution >= 4 is 0 Å². The number of nitrogens with zero attached hydrogens (tertiary/aromatic N) is 1. The van der Waals surface area contributed by atoms with Gasteiger partial charge in [0, 0.05) is 13.3 Å². The highest BCUT2D eigenvalue weighted by Gasteiger charge is 2.25. The number of nitrogens with one attached hydrogen (secondary N) is 1. The summed E-state index contributed by atoms with van der Waals surface area (Å²) in [4.78, 5) is 3.80. The molecule has 16 heavy (non-hydrogen) atoms. The van der Waals surface area contributed by atoms with Crippen LogP contribution in [-0.4, -0.2) is 18.2 Å². The van der Waals surface area contributed by atoms with Crippen molar-refractivity contribution in [2.75, 3.05) is 7.11 Å². The molecule has 0 radical (unpaired) electrons. The molecule has 1 aromatic heterocycles. The summed E-state index contributed by atoms with van der Waals surface area (Å²) >= 11 is 0. The van der Waals surface area contributed by atoms with Crippen LogP contribution in [0.25, 0.3) is 0 Å². The van der Waals surface area contributed by atoms with Crippen molar-refractivity contribution in [2.24, 2.45) is 11.8 Å². The van der Waals surface area contributed by atoms with Gasteiger partial charge in [0.2, 0.25) is 0 Å². The van der Waals surface area contributed by atoms with Crippen LogP contribution < -0.4 is 11.3 Å². The molecule has 90 valence electrons. The predicted octanol–water partition coefficient (Wildman–Crippen LogP) is 1.40. The molecule has 1 rings (SSSR count). The molecule has 0 spiro atoms. The summed E-state index contributed by atoms with van der Waals surface area (Å²) in [6, 6.07) is 1.14. The lowest BCUT2D eigenvalue weighted by atomic mass is 9.95. The number of aromatic nitrogens is 1. The normalized spacial score (nSPS) is 15.1. The topological polar surface area (TPSA) is 60.2 Å². The lowest BCUT2D eigenvalue weighted by Crippen LogP contribution is -2.40. The van der Waals surface area contributed by atoms with Gasteiger partial charge in [0.1, 0.15) is 5.82 Å². The second kappa shape index (κ2) is 5.89. The second-order valence-corrected chi connectivity index (χ2v) is 4.03. The van der Waals surface area contributed by atoms with Gasteiger partial charge in [-0.05, 0) is 17.5 Å². The van der Waals surface area contributed by atoms with Crippen molar-refractivity contribution in [3.8, 4) is 0 Å². The first kappa shape index (κ1) is 13.0. The summed E-state index contributed by atoms with van der Waals surface area (Å²) in [5.74, 6) is 5.37. The van der Waals surface area contributed by atoms with E-state index in [1.807, 2.05) is 13.8 Å². The first-order valence-electron chi connectivity index (χ1n) is 5.19. The van der Waals surface area contributed by atoms with Crippen molar-refractivity contribution < 1.29 is 9.13 Å². The van der Waals surface area contributed by atoms with Crippen LogP contribution in [0.2, 0.25) is 0 Å². The van der Waals surface area contributed by atoms with Gasteiger partial charge in [-0.25, -0.2) is 4.39 Å². The average molecular weight is 227 g/mol. The largest absolute Gasteiger partial charge is 0.379 e. The van der Waals surface area contributed by atoms with Crippen LogP contribution in [0.5, 0.6) is 0 Å². The Kier molecular flexibility index (Phi) is 4.79. The number of hydrazine groups is 1. The molecule has 0 fully saturated rings. The minimum Gasteiger partial charge on any atom is -0.379 e. The zero-order valence-electron chi connectivity index (χ0n) is 9.77. The number of pyridine rings is 1. The van der Waals surface area contributed by atoms with Gasteiger partial charge in [0.15, 0.2) is 0 Å². The van der Waals surface area contributed by atoms with Crippen LogP contribution >= 0.6 is 0 Å². The Hall–Kier alpha value is -1.04. The molecule has 0 aliphatic carbocycles. The van der Waals surface area contributed by atoms with Gasteiger partial charge in [-0.1, -0.05) is 13.8 Å². The number of hydrogen-bond acceptors (Lipinski definition) is 4. The number of halogens is 1. The third-order valence-electron chi connectivity index (χ3n) is 2.52. The number of methoxy groups -OCH3 is 1. The zero-order valence-corrected chi connectivity index (χ0v) is 9.77. The molecule has 0 aliphatic heterocycles. The number of nitrogens with two attached hydrogens (primary N) is 1. The molecule has 0 saturated carbocycles. The molecule has 4 nitrogen and oxygen atoms in total. The fourth-order valence-electron chi connectivity index (χ4n) is 1.77. The van der Waals surface area contributed by atoms with Crippen molar-refractivity contribution in [2.45, 2.75) is 26.0 Å². The molecule has 0 aliphatic rings. The molecule has 0 aromatic carbocycles. The fraction of sp³-hybridized carbons (Fsp3) is 0.545. The van der Waals surface area contributed by atoms with Gasteiger partial charge in [0.05, 0.1) is 18.3 Å². The minimum atomic E-state index is -0.378. The Bertz CT molecular complexity index is 333. The molecule has 1 heterocycles. The van der Waals surface area contributed by atoms with E-state index in [1.54, 1.807) is 13.3 Å². The second-order valence-electron chi connectivity index (χ2n) is 4.03. The summed E-state index contributed by atoms with van der Waals surface area (Å²) in [6.45, 7) is 4.04. The Balaban J connectivity index is 2.96. The Morgan fingerprint density at radius 2 is 2.12 bits per heavy atom. The van der Waals surface area contributed by atoms with E-state index < -0.39 is 0 Å². The Labute approximate surface area is 95.0 Å². The van der Waals surface area contributed by atoms with Crippen LogP contribution in [0.3, 0.4) is 0 Å². The van der Waals surface area contributed by atoms with Crippen LogP contribution in [0, 0.1) is 11.7 Å². The van der Waals surface area contributed by atoms with Gasteiger partial charge in [0.25, 0.3) is 0 Å². The predicted molar refractivity (Wildman–Crippen MR) is 59.9 cm³/mol. The fourth-order valence-corrected chi connectivity index (χ4v) is 1.77. The highest BCUT2D eigenvalue weighted by atomic mass is 19.1. The molecule has 0 bridgehead atoms. The molecule has 1 aromatic rings. The van der Waals surface area contributed by atoms with E-state index in [-0.39, 0.29) is 23.9 Å². The van der Waals surface area contributed by atoms with E-state index in [4.69, 9.17) is 10.6 Å². The lowest BCUT2D eigenvalue weighted by Gasteiger charge is -2.28. The maximum absolute atomic E-state index is 13.1. The summed E-state index contributed by atoms with van der Waals surface area (Å²) in [5.41, 5.74) is 3.33. The van der Waals surface area contributed by atoms with E-state index in [2.05, 4.69) is 10.4 Å². The molecule has 3 N–H and O–H groups in total. The van der Waals surface area contributed by atoms with Crippen molar-refractivity contribution in [1.29, 1.82) is 0 Å². The molecule has 0 saturated heterocycles. The molecule has 2 atom stereocenters. The summed E-state index contributed by atoms with van der Waals surface area (Å²) in [6.07, 6.45) is 2.62. The smallest absolute Gasteiger partial charge is 0.141 e. The first-order chi connectivity index (χ1) is 7.60. The van der Waals surface area contributed by atoms with Gasteiger partial charge >= 0.3 is 0 Å². The maximum atomic E-state index is 13.1.